The third-order valence-electron chi connectivity index (χ3n) is 4.92. The van der Waals surface area contributed by atoms with E-state index in [4.69, 9.17) is 12.3 Å². The molecule has 0 radical (unpaired) electrons. The highest BCUT2D eigenvalue weighted by atomic mass is 32.2. The molecule has 1 unspecified atom stereocenters. The molecule has 0 bridgehead atoms. The molecule has 30 heavy (non-hydrogen) atoms. The van der Waals surface area contributed by atoms with Gasteiger partial charge in [0, 0.05) is 13.1 Å². The monoisotopic (exact) mass is 425 g/mol. The number of hydrogen-bond acceptors (Lipinski definition) is 6. The number of nitriles is 1. The normalized spacial score (nSPS) is 16.7. The van der Waals surface area contributed by atoms with Gasteiger partial charge in [-0.25, -0.2) is 14.2 Å². The van der Waals surface area contributed by atoms with Gasteiger partial charge < -0.3 is 15.7 Å². The molecule has 1 aromatic carbocycles. The fraction of sp³-hybridized carbons (Fsp3) is 0.333. The topological polar surface area (TPSA) is 108 Å². The van der Waals surface area contributed by atoms with Crippen LogP contribution >= 0.6 is 11.8 Å². The van der Waals surface area contributed by atoms with Crippen LogP contribution in [-0.4, -0.2) is 35.2 Å². The van der Waals surface area contributed by atoms with E-state index in [1.807, 2.05) is 11.8 Å². The van der Waals surface area contributed by atoms with E-state index in [2.05, 4.69) is 15.9 Å². The van der Waals surface area contributed by atoms with Gasteiger partial charge in [0.05, 0.1) is 18.2 Å². The van der Waals surface area contributed by atoms with Crippen molar-refractivity contribution in [3.63, 3.8) is 0 Å². The van der Waals surface area contributed by atoms with Crippen molar-refractivity contribution in [1.29, 1.82) is 5.26 Å². The maximum absolute atomic E-state index is 13.3. The minimum absolute atomic E-state index is 0.227. The maximum Gasteiger partial charge on any atom is 0.235 e. The number of nitrogens with two attached hydrogens (primary N) is 1. The molecule has 1 saturated heterocycles. The largest absolute Gasteiger partial charge is 0.391 e. The second-order valence-electron chi connectivity index (χ2n) is 6.86. The van der Waals surface area contributed by atoms with E-state index < -0.39 is 23.1 Å². The standard InChI is InChI=1S/C21H20FN5O2S/c1-3-15-16(10-23)21(26-20(17(15)25-2)27-9-8-14(28)11-27)30-18(19(24)29)12-4-6-13(22)7-5-12/h4-7,14,18,28H,3,8-9,11H2,1H3,(H2,24,29)/t14-,18?/m0/s1. The summed E-state index contributed by atoms with van der Waals surface area (Å²) in [5.74, 6) is -0.697. The quantitative estimate of drug-likeness (QED) is 0.544. The Balaban J connectivity index is 2.12. The average molecular weight is 425 g/mol. The Morgan fingerprint density at radius 1 is 1.53 bits per heavy atom. The number of aromatic nitrogens is 1. The highest BCUT2D eigenvalue weighted by Crippen LogP contribution is 2.43. The number of aliphatic hydroxyl groups is 1. The number of carbonyl (C=O) groups excluding carboxylic acids is 1. The van der Waals surface area contributed by atoms with Crippen LogP contribution in [0, 0.1) is 23.7 Å². The number of primary amides is 1. The molecule has 3 N–H and O–H groups in total. The Bertz CT molecular complexity index is 1050. The lowest BCUT2D eigenvalue weighted by molar-refractivity contribution is -0.117. The first-order chi connectivity index (χ1) is 14.4. The Kier molecular flexibility index (Phi) is 6.56. The first-order valence-electron chi connectivity index (χ1n) is 9.38. The molecule has 1 aliphatic rings. The second kappa shape index (κ2) is 9.12. The summed E-state index contributed by atoms with van der Waals surface area (Å²) in [5.41, 5.74) is 7.14. The molecule has 1 fully saturated rings. The van der Waals surface area contributed by atoms with E-state index in [0.717, 1.165) is 11.8 Å². The van der Waals surface area contributed by atoms with Gasteiger partial charge >= 0.3 is 0 Å². The summed E-state index contributed by atoms with van der Waals surface area (Å²) in [4.78, 5) is 22.2. The van der Waals surface area contributed by atoms with Gasteiger partial charge in [-0.15, -0.1) is 0 Å². The number of benzene rings is 1. The lowest BCUT2D eigenvalue weighted by Crippen LogP contribution is -2.23. The average Bonchev–Trinajstić information content (AvgIpc) is 3.17. The SMILES string of the molecule is [C-]#[N+]c1c(N2CC[C@H](O)C2)nc(SC(C(N)=O)c2ccc(F)cc2)c(C#N)c1CC. The number of aliphatic hydroxyl groups excluding tert-OH is 1. The third kappa shape index (κ3) is 4.23. The molecular formula is C21H20FN5O2S. The zero-order valence-corrected chi connectivity index (χ0v) is 17.1. The Hall–Kier alpha value is -3.14. The van der Waals surface area contributed by atoms with Gasteiger partial charge in [0.15, 0.2) is 0 Å². The molecule has 1 aliphatic heterocycles. The van der Waals surface area contributed by atoms with Crippen LogP contribution in [-0.2, 0) is 11.2 Å². The van der Waals surface area contributed by atoms with E-state index >= 15 is 0 Å². The van der Waals surface area contributed by atoms with Crippen molar-refractivity contribution in [2.75, 3.05) is 18.0 Å². The molecular weight excluding hydrogens is 405 g/mol. The number of pyridine rings is 1. The predicted octanol–water partition coefficient (Wildman–Crippen LogP) is 3.10. The number of thioether (sulfide) groups is 1. The number of β-amino-alcohol motifs (C(OH)–C–C–N with tert-alkyl or cyclic N) is 1. The van der Waals surface area contributed by atoms with Crippen molar-refractivity contribution in [2.45, 2.75) is 36.1 Å². The van der Waals surface area contributed by atoms with Crippen LogP contribution in [0.2, 0.25) is 0 Å². The van der Waals surface area contributed by atoms with Gasteiger partial charge in [-0.1, -0.05) is 30.8 Å². The van der Waals surface area contributed by atoms with E-state index in [-0.39, 0.29) is 16.3 Å². The Morgan fingerprint density at radius 3 is 2.73 bits per heavy atom. The highest BCUT2D eigenvalue weighted by Gasteiger charge is 2.30. The molecule has 7 nitrogen and oxygen atoms in total. The number of anilines is 1. The summed E-state index contributed by atoms with van der Waals surface area (Å²) >= 11 is 1.01. The van der Waals surface area contributed by atoms with Gasteiger partial charge in [0.25, 0.3) is 0 Å². The fourth-order valence-corrected chi connectivity index (χ4v) is 4.50. The Labute approximate surface area is 178 Å². The van der Waals surface area contributed by atoms with Gasteiger partial charge in [0.2, 0.25) is 11.6 Å². The van der Waals surface area contributed by atoms with Gasteiger partial charge in [-0.2, -0.15) is 5.26 Å². The molecule has 154 valence electrons. The molecule has 3 rings (SSSR count). The zero-order chi connectivity index (χ0) is 21.8. The van der Waals surface area contributed by atoms with Crippen LogP contribution in [0.15, 0.2) is 29.3 Å². The van der Waals surface area contributed by atoms with Crippen molar-refractivity contribution < 1.29 is 14.3 Å². The lowest BCUT2D eigenvalue weighted by Gasteiger charge is -2.23. The van der Waals surface area contributed by atoms with Crippen molar-refractivity contribution in [1.82, 2.24) is 4.98 Å². The summed E-state index contributed by atoms with van der Waals surface area (Å²) < 4.78 is 13.3. The van der Waals surface area contributed by atoms with Crippen LogP contribution in [0.4, 0.5) is 15.9 Å². The number of amides is 1. The molecule has 0 aliphatic carbocycles. The summed E-state index contributed by atoms with van der Waals surface area (Å²) in [7, 11) is 0. The van der Waals surface area contributed by atoms with E-state index in [0.29, 0.717) is 42.9 Å². The van der Waals surface area contributed by atoms with Crippen molar-refractivity contribution in [3.8, 4) is 6.07 Å². The van der Waals surface area contributed by atoms with Crippen LogP contribution in [0.5, 0.6) is 0 Å². The van der Waals surface area contributed by atoms with Gasteiger partial charge in [-0.3, -0.25) is 4.79 Å². The number of nitrogens with zero attached hydrogens (tertiary/aromatic N) is 4. The highest BCUT2D eigenvalue weighted by molar-refractivity contribution is 8.00. The van der Waals surface area contributed by atoms with Crippen LogP contribution in [0.1, 0.15) is 35.3 Å². The van der Waals surface area contributed by atoms with Crippen LogP contribution < -0.4 is 10.6 Å². The number of rotatable bonds is 6. The zero-order valence-electron chi connectivity index (χ0n) is 16.3. The summed E-state index contributed by atoms with van der Waals surface area (Å²) in [6.45, 7) is 10.3. The molecule has 0 spiro atoms. The first-order valence-corrected chi connectivity index (χ1v) is 10.3. The van der Waals surface area contributed by atoms with Crippen molar-refractivity contribution >= 4 is 29.2 Å². The van der Waals surface area contributed by atoms with Crippen LogP contribution in [0.25, 0.3) is 4.85 Å². The van der Waals surface area contributed by atoms with Crippen molar-refractivity contribution in [3.05, 3.63) is 58.2 Å². The smallest absolute Gasteiger partial charge is 0.235 e. The molecule has 1 aromatic heterocycles. The molecule has 2 heterocycles. The number of carbonyl (C=O) groups is 1. The molecule has 9 heteroatoms. The second-order valence-corrected chi connectivity index (χ2v) is 7.95. The van der Waals surface area contributed by atoms with E-state index in [9.17, 15) is 19.6 Å². The molecule has 0 saturated carbocycles. The summed E-state index contributed by atoms with van der Waals surface area (Å²) in [5, 5.41) is 19.1. The number of halogens is 1. The lowest BCUT2D eigenvalue weighted by atomic mass is 10.1. The van der Waals surface area contributed by atoms with Gasteiger partial charge in [0.1, 0.15) is 28.0 Å². The molecule has 2 aromatic rings. The Morgan fingerprint density at radius 2 is 2.23 bits per heavy atom. The predicted molar refractivity (Wildman–Crippen MR) is 112 cm³/mol. The van der Waals surface area contributed by atoms with E-state index in [1.165, 1.54) is 24.3 Å². The minimum atomic E-state index is -0.884. The van der Waals surface area contributed by atoms with E-state index in [1.54, 1.807) is 0 Å². The molecule has 2 atom stereocenters. The maximum atomic E-state index is 13.3. The van der Waals surface area contributed by atoms with Crippen molar-refractivity contribution in [2.24, 2.45) is 5.73 Å². The fourth-order valence-electron chi connectivity index (χ4n) is 3.44. The van der Waals surface area contributed by atoms with Crippen LogP contribution in [0.3, 0.4) is 0 Å². The minimum Gasteiger partial charge on any atom is -0.391 e. The third-order valence-corrected chi connectivity index (χ3v) is 6.18. The summed E-state index contributed by atoms with van der Waals surface area (Å²) in [6, 6.07) is 7.52. The summed E-state index contributed by atoms with van der Waals surface area (Å²) in [6.07, 6.45) is 0.472. The van der Waals surface area contributed by atoms with Gasteiger partial charge in [-0.05, 0) is 36.1 Å². The molecule has 1 amide bonds. The first kappa shape index (κ1) is 21.6. The number of hydrogen-bond donors (Lipinski definition) is 2.